The van der Waals surface area contributed by atoms with E-state index in [2.05, 4.69) is 15.4 Å². The van der Waals surface area contributed by atoms with E-state index in [1.807, 2.05) is 61.0 Å². The van der Waals surface area contributed by atoms with Crippen molar-refractivity contribution in [3.63, 3.8) is 0 Å². The molecule has 0 unspecified atom stereocenters. The number of nitrogens with one attached hydrogen (secondary N) is 1. The van der Waals surface area contributed by atoms with E-state index in [-0.39, 0.29) is 0 Å². The van der Waals surface area contributed by atoms with E-state index in [4.69, 9.17) is 4.98 Å². The first-order valence-corrected chi connectivity index (χ1v) is 11.1. The number of aromatic nitrogens is 5. The Morgan fingerprint density at radius 1 is 0.971 bits per heavy atom. The van der Waals surface area contributed by atoms with Gasteiger partial charge in [-0.2, -0.15) is 18.3 Å². The number of imidazole rings is 1. The van der Waals surface area contributed by atoms with E-state index in [1.165, 1.54) is 4.68 Å². The topological polar surface area (TPSA) is 60.6 Å². The van der Waals surface area contributed by atoms with Crippen LogP contribution in [-0.4, -0.2) is 24.3 Å². The van der Waals surface area contributed by atoms with Gasteiger partial charge in [0.2, 0.25) is 0 Å². The first-order chi connectivity index (χ1) is 16.7. The Kier molecular flexibility index (Phi) is 5.55. The third kappa shape index (κ3) is 4.37. The summed E-state index contributed by atoms with van der Waals surface area (Å²) in [5.41, 5.74) is 5.79. The first kappa shape index (κ1) is 22.6. The zero-order valence-electron chi connectivity index (χ0n) is 19.4. The standard InChI is InChI=1S/C26H23F3N6/c1-16-6-4-5-7-20(16)24-25-21(34(3)15-31-25)13-23(32-24)30-14-18-8-10-19(11-9-18)35-17(2)12-22(33-35)26(27,28)29/h4-13,15H,14H2,1-3H3,(H,30,32). The largest absolute Gasteiger partial charge is 0.435 e. The molecule has 0 amide bonds. The molecule has 0 aliphatic heterocycles. The van der Waals surface area contributed by atoms with Crippen LogP contribution < -0.4 is 5.32 Å². The van der Waals surface area contributed by atoms with Crippen LogP contribution in [0.4, 0.5) is 19.0 Å². The normalized spacial score (nSPS) is 11.8. The van der Waals surface area contributed by atoms with Gasteiger partial charge in [0.1, 0.15) is 17.0 Å². The summed E-state index contributed by atoms with van der Waals surface area (Å²) < 4.78 is 42.2. The van der Waals surface area contributed by atoms with Crippen molar-refractivity contribution < 1.29 is 13.2 Å². The molecule has 0 saturated heterocycles. The van der Waals surface area contributed by atoms with Crippen LogP contribution in [0.1, 0.15) is 22.5 Å². The molecule has 1 N–H and O–H groups in total. The van der Waals surface area contributed by atoms with Crippen molar-refractivity contribution in [2.45, 2.75) is 26.6 Å². The second-order valence-corrected chi connectivity index (χ2v) is 8.49. The maximum absolute atomic E-state index is 13.0. The van der Waals surface area contributed by atoms with Crippen LogP contribution >= 0.6 is 0 Å². The quantitative estimate of drug-likeness (QED) is 0.335. The van der Waals surface area contributed by atoms with Gasteiger partial charge < -0.3 is 9.88 Å². The Bertz CT molecular complexity index is 1510. The van der Waals surface area contributed by atoms with Crippen molar-refractivity contribution >= 4 is 16.9 Å². The van der Waals surface area contributed by atoms with Crippen molar-refractivity contribution in [1.82, 2.24) is 24.3 Å². The molecule has 0 bridgehead atoms. The molecule has 0 atom stereocenters. The minimum atomic E-state index is -4.47. The Morgan fingerprint density at radius 3 is 2.40 bits per heavy atom. The number of anilines is 1. The monoisotopic (exact) mass is 476 g/mol. The zero-order chi connectivity index (χ0) is 24.7. The van der Waals surface area contributed by atoms with Crippen LogP contribution in [-0.2, 0) is 19.8 Å². The summed E-state index contributed by atoms with van der Waals surface area (Å²) in [5, 5.41) is 7.08. The molecule has 178 valence electrons. The number of pyridine rings is 1. The number of aryl methyl sites for hydroxylation is 3. The van der Waals surface area contributed by atoms with Gasteiger partial charge >= 0.3 is 6.18 Å². The fraction of sp³-hybridized carbons (Fsp3) is 0.192. The molecule has 35 heavy (non-hydrogen) atoms. The fourth-order valence-electron chi connectivity index (χ4n) is 4.07. The maximum atomic E-state index is 13.0. The summed E-state index contributed by atoms with van der Waals surface area (Å²) >= 11 is 0. The van der Waals surface area contributed by atoms with Gasteiger partial charge in [-0.3, -0.25) is 0 Å². The number of alkyl halides is 3. The zero-order valence-corrected chi connectivity index (χ0v) is 19.4. The van der Waals surface area contributed by atoms with Crippen LogP contribution in [0.5, 0.6) is 0 Å². The van der Waals surface area contributed by atoms with Crippen LogP contribution in [0.15, 0.2) is 67.0 Å². The lowest BCUT2D eigenvalue weighted by molar-refractivity contribution is -0.141. The molecule has 0 aliphatic rings. The highest BCUT2D eigenvalue weighted by Gasteiger charge is 2.34. The Balaban J connectivity index is 1.40. The molecule has 0 saturated carbocycles. The predicted molar refractivity (Wildman–Crippen MR) is 129 cm³/mol. The van der Waals surface area contributed by atoms with Crippen molar-refractivity contribution in [3.05, 3.63) is 89.5 Å². The van der Waals surface area contributed by atoms with Crippen molar-refractivity contribution in [2.24, 2.45) is 7.05 Å². The molecule has 0 radical (unpaired) electrons. The van der Waals surface area contributed by atoms with Gasteiger partial charge in [0.25, 0.3) is 0 Å². The van der Waals surface area contributed by atoms with E-state index in [0.717, 1.165) is 39.5 Å². The van der Waals surface area contributed by atoms with Gasteiger partial charge in [-0.15, -0.1) is 0 Å². The summed E-state index contributed by atoms with van der Waals surface area (Å²) in [4.78, 5) is 9.41. The smallest absolute Gasteiger partial charge is 0.366 e. The van der Waals surface area contributed by atoms with E-state index in [1.54, 1.807) is 25.4 Å². The molecule has 3 aromatic heterocycles. The molecule has 0 fully saturated rings. The minimum Gasteiger partial charge on any atom is -0.366 e. The summed E-state index contributed by atoms with van der Waals surface area (Å²) in [6.45, 7) is 4.15. The highest BCUT2D eigenvalue weighted by Crippen LogP contribution is 2.31. The Hall–Kier alpha value is -4.14. The van der Waals surface area contributed by atoms with Crippen LogP contribution in [0, 0.1) is 13.8 Å². The lowest BCUT2D eigenvalue weighted by atomic mass is 10.0. The SMILES string of the molecule is Cc1ccccc1-c1nc(NCc2ccc(-n3nc(C(F)(F)F)cc3C)cc2)cc2c1ncn2C. The number of rotatable bonds is 5. The van der Waals surface area contributed by atoms with E-state index in [9.17, 15) is 13.2 Å². The summed E-state index contributed by atoms with van der Waals surface area (Å²) in [5.74, 6) is 0.709. The summed E-state index contributed by atoms with van der Waals surface area (Å²) in [7, 11) is 1.95. The minimum absolute atomic E-state index is 0.417. The molecular formula is C26H23F3N6. The van der Waals surface area contributed by atoms with Gasteiger partial charge in [-0.1, -0.05) is 36.4 Å². The summed E-state index contributed by atoms with van der Waals surface area (Å²) in [6.07, 6.45) is -2.70. The molecule has 9 heteroatoms. The van der Waals surface area contributed by atoms with E-state index >= 15 is 0 Å². The fourth-order valence-corrected chi connectivity index (χ4v) is 4.07. The molecule has 3 heterocycles. The average molecular weight is 477 g/mol. The predicted octanol–water partition coefficient (Wildman–Crippen LogP) is 6.07. The summed E-state index contributed by atoms with van der Waals surface area (Å²) in [6, 6.07) is 18.3. The molecule has 0 aliphatic carbocycles. The molecule has 6 nitrogen and oxygen atoms in total. The number of nitrogens with zero attached hydrogens (tertiary/aromatic N) is 5. The first-order valence-electron chi connectivity index (χ1n) is 11.1. The number of fused-ring (bicyclic) bond motifs is 1. The van der Waals surface area contributed by atoms with Crippen molar-refractivity contribution in [2.75, 3.05) is 5.32 Å². The van der Waals surface area contributed by atoms with Crippen molar-refractivity contribution in [3.8, 4) is 16.9 Å². The van der Waals surface area contributed by atoms with E-state index in [0.29, 0.717) is 23.7 Å². The van der Waals surface area contributed by atoms with E-state index < -0.39 is 11.9 Å². The highest BCUT2D eigenvalue weighted by molar-refractivity contribution is 5.92. The lowest BCUT2D eigenvalue weighted by Crippen LogP contribution is -2.07. The van der Waals surface area contributed by atoms with Gasteiger partial charge in [0, 0.05) is 30.9 Å². The second kappa shape index (κ2) is 8.57. The van der Waals surface area contributed by atoms with Gasteiger partial charge in [0.05, 0.1) is 17.5 Å². The van der Waals surface area contributed by atoms with Gasteiger partial charge in [0.15, 0.2) is 5.69 Å². The number of hydrogen-bond acceptors (Lipinski definition) is 4. The number of benzene rings is 2. The number of halogens is 3. The third-order valence-corrected chi connectivity index (χ3v) is 5.95. The number of hydrogen-bond donors (Lipinski definition) is 1. The molecule has 2 aromatic carbocycles. The van der Waals surface area contributed by atoms with Crippen molar-refractivity contribution in [1.29, 1.82) is 0 Å². The highest BCUT2D eigenvalue weighted by atomic mass is 19.4. The second-order valence-electron chi connectivity index (χ2n) is 8.49. The lowest BCUT2D eigenvalue weighted by Gasteiger charge is -2.12. The third-order valence-electron chi connectivity index (χ3n) is 5.95. The molecule has 0 spiro atoms. The molecule has 5 aromatic rings. The average Bonchev–Trinajstić information content (AvgIpc) is 3.41. The molecular weight excluding hydrogens is 453 g/mol. The maximum Gasteiger partial charge on any atom is 0.435 e. The van der Waals surface area contributed by atoms with Crippen LogP contribution in [0.3, 0.4) is 0 Å². The van der Waals surface area contributed by atoms with Crippen LogP contribution in [0.25, 0.3) is 28.0 Å². The Morgan fingerprint density at radius 2 is 1.71 bits per heavy atom. The molecule has 5 rings (SSSR count). The Labute approximate surface area is 200 Å². The van der Waals surface area contributed by atoms with Crippen LogP contribution in [0.2, 0.25) is 0 Å². The van der Waals surface area contributed by atoms with Gasteiger partial charge in [-0.05, 0) is 43.2 Å². The van der Waals surface area contributed by atoms with Gasteiger partial charge in [-0.25, -0.2) is 14.6 Å².